The smallest absolute Gasteiger partial charge is 0.319 e. The number of nitrogen functional groups attached to an aromatic ring is 1. The van der Waals surface area contributed by atoms with Gasteiger partial charge in [-0.05, 0) is 112 Å². The molecule has 2 atom stereocenters. The number of hydrogen-bond donors (Lipinski definition) is 2. The van der Waals surface area contributed by atoms with E-state index in [1.165, 1.54) is 6.33 Å². The van der Waals surface area contributed by atoms with Crippen LogP contribution in [0.4, 0.5) is 16.3 Å². The van der Waals surface area contributed by atoms with Crippen molar-refractivity contribution in [1.29, 1.82) is 0 Å². The summed E-state index contributed by atoms with van der Waals surface area (Å²) in [5, 5.41) is 8.19. The van der Waals surface area contributed by atoms with Gasteiger partial charge in [-0.15, -0.1) is 0 Å². The third-order valence-electron chi connectivity index (χ3n) is 15.2. The number of carbonyl (C=O) groups excluding carboxylic acids is 5. The molecule has 5 aromatic rings. The number of likely N-dealkylation sites (tertiary alicyclic amines) is 3. The number of anilines is 2. The van der Waals surface area contributed by atoms with Crippen LogP contribution in [0.2, 0.25) is 0 Å². The van der Waals surface area contributed by atoms with Crippen molar-refractivity contribution in [3.63, 3.8) is 0 Å². The van der Waals surface area contributed by atoms with Crippen LogP contribution in [0.1, 0.15) is 78.1 Å². The van der Waals surface area contributed by atoms with Gasteiger partial charge in [0, 0.05) is 89.2 Å². The zero-order chi connectivity index (χ0) is 47.2. The van der Waals surface area contributed by atoms with Crippen molar-refractivity contribution >= 4 is 52.2 Å². The highest BCUT2D eigenvalue weighted by molar-refractivity contribution is 6.23. The van der Waals surface area contributed by atoms with Crippen molar-refractivity contribution in [2.24, 2.45) is 5.92 Å². The van der Waals surface area contributed by atoms with Gasteiger partial charge in [0.1, 0.15) is 35.4 Å². The Kier molecular flexibility index (Phi) is 12.2. The van der Waals surface area contributed by atoms with Gasteiger partial charge in [0.25, 0.3) is 11.8 Å². The van der Waals surface area contributed by atoms with Gasteiger partial charge in [-0.1, -0.05) is 18.2 Å². The van der Waals surface area contributed by atoms with E-state index in [0.29, 0.717) is 23.3 Å². The first kappa shape index (κ1) is 44.6. The van der Waals surface area contributed by atoms with Gasteiger partial charge >= 0.3 is 6.03 Å². The van der Waals surface area contributed by atoms with Crippen LogP contribution in [-0.4, -0.2) is 158 Å². The molecule has 358 valence electrons. The first-order valence-corrected chi connectivity index (χ1v) is 24.6. The molecule has 8 heterocycles. The maximum absolute atomic E-state index is 13.8. The number of piperazine rings is 1. The molecule has 5 saturated heterocycles. The van der Waals surface area contributed by atoms with Gasteiger partial charge in [-0.3, -0.25) is 34.3 Å². The van der Waals surface area contributed by atoms with Crippen LogP contribution in [0.5, 0.6) is 11.5 Å². The normalized spacial score (nSPS) is 22.4. The minimum absolute atomic E-state index is 0.0869. The van der Waals surface area contributed by atoms with Crippen LogP contribution in [0, 0.1) is 5.92 Å². The maximum atomic E-state index is 13.8. The number of rotatable bonds is 9. The number of piperidine rings is 4. The third-order valence-corrected chi connectivity index (χ3v) is 15.2. The SMILES string of the molecule is Nc1ncnc2c1c(-c1ccc(Oc3ccccc3)cc1)nn2C1CCCN(CC2CCN(C(=O)N3CCC(N4CCN(c5ccc6c(c5)C(=O)N(C5CCC(=O)NC5=O)C6=O)CC4)CC3)CC2)C1. The Labute approximate surface area is 400 Å². The number of benzene rings is 3. The Morgan fingerprint density at radius 1 is 0.725 bits per heavy atom. The first-order valence-electron chi connectivity index (χ1n) is 24.6. The number of imide groups is 2. The number of carbonyl (C=O) groups is 5. The number of nitrogens with zero attached hydrogens (tertiary/aromatic N) is 10. The minimum Gasteiger partial charge on any atom is -0.457 e. The predicted octanol–water partition coefficient (Wildman–Crippen LogP) is 5.02. The summed E-state index contributed by atoms with van der Waals surface area (Å²) in [5.74, 6) is 0.457. The fraction of sp³-hybridized carbons (Fsp3) is 0.451. The number of fused-ring (bicyclic) bond motifs is 2. The zero-order valence-electron chi connectivity index (χ0n) is 38.7. The molecule has 6 aliphatic heterocycles. The predicted molar refractivity (Wildman–Crippen MR) is 258 cm³/mol. The molecule has 18 heteroatoms. The Morgan fingerprint density at radius 3 is 2.17 bits per heavy atom. The second-order valence-corrected chi connectivity index (χ2v) is 19.4. The van der Waals surface area contributed by atoms with Gasteiger partial charge in [0.2, 0.25) is 11.8 Å². The van der Waals surface area contributed by atoms with E-state index in [1.807, 2.05) is 60.7 Å². The van der Waals surface area contributed by atoms with Crippen molar-refractivity contribution in [2.45, 2.75) is 69.5 Å². The summed E-state index contributed by atoms with van der Waals surface area (Å²) in [4.78, 5) is 86.1. The lowest BCUT2D eigenvalue weighted by Gasteiger charge is -2.44. The van der Waals surface area contributed by atoms with E-state index in [1.54, 1.807) is 12.1 Å². The fourth-order valence-corrected chi connectivity index (χ4v) is 11.4. The highest BCUT2D eigenvalue weighted by Crippen LogP contribution is 2.36. The molecule has 5 fully saturated rings. The number of nitrogens with one attached hydrogen (secondary N) is 1. The molecular formula is C51H58N12O6. The van der Waals surface area contributed by atoms with E-state index in [2.05, 4.69) is 39.5 Å². The summed E-state index contributed by atoms with van der Waals surface area (Å²) in [6, 6.07) is 22.7. The lowest BCUT2D eigenvalue weighted by atomic mass is 9.94. The summed E-state index contributed by atoms with van der Waals surface area (Å²) < 4.78 is 8.10. The number of nitrogens with two attached hydrogens (primary N) is 1. The summed E-state index contributed by atoms with van der Waals surface area (Å²) in [7, 11) is 0. The molecular weight excluding hydrogens is 877 g/mol. The van der Waals surface area contributed by atoms with E-state index in [0.717, 1.165) is 155 Å². The van der Waals surface area contributed by atoms with Crippen molar-refractivity contribution in [3.05, 3.63) is 90.3 Å². The molecule has 69 heavy (non-hydrogen) atoms. The Bertz CT molecular complexity index is 2760. The molecule has 0 radical (unpaired) electrons. The largest absolute Gasteiger partial charge is 0.457 e. The van der Waals surface area contributed by atoms with E-state index in [-0.39, 0.29) is 30.5 Å². The third kappa shape index (κ3) is 8.86. The van der Waals surface area contributed by atoms with Gasteiger partial charge < -0.3 is 30.1 Å². The summed E-state index contributed by atoms with van der Waals surface area (Å²) >= 11 is 0. The highest BCUT2D eigenvalue weighted by Gasteiger charge is 2.45. The van der Waals surface area contributed by atoms with Crippen molar-refractivity contribution in [3.8, 4) is 22.8 Å². The molecule has 18 nitrogen and oxygen atoms in total. The van der Waals surface area contributed by atoms with Crippen LogP contribution < -0.4 is 20.7 Å². The Hall–Kier alpha value is -6.92. The van der Waals surface area contributed by atoms with Gasteiger partial charge in [0.15, 0.2) is 5.65 Å². The van der Waals surface area contributed by atoms with E-state index in [9.17, 15) is 24.0 Å². The van der Waals surface area contributed by atoms with E-state index in [4.69, 9.17) is 20.6 Å². The Morgan fingerprint density at radius 2 is 1.43 bits per heavy atom. The van der Waals surface area contributed by atoms with E-state index >= 15 is 0 Å². The Balaban J connectivity index is 0.638. The molecule has 3 N–H and O–H groups in total. The van der Waals surface area contributed by atoms with Crippen LogP contribution in [0.3, 0.4) is 0 Å². The number of ether oxygens (including phenoxy) is 1. The molecule has 2 unspecified atom stereocenters. The molecule has 6 aliphatic rings. The van der Waals surface area contributed by atoms with Crippen LogP contribution >= 0.6 is 0 Å². The van der Waals surface area contributed by atoms with Gasteiger partial charge in [0.05, 0.1) is 22.6 Å². The van der Waals surface area contributed by atoms with Crippen LogP contribution in [0.25, 0.3) is 22.3 Å². The first-order chi connectivity index (χ1) is 33.6. The fourth-order valence-electron chi connectivity index (χ4n) is 11.4. The van der Waals surface area contributed by atoms with Gasteiger partial charge in [-0.2, -0.15) is 5.10 Å². The van der Waals surface area contributed by atoms with Crippen molar-refractivity contribution in [2.75, 3.05) is 82.6 Å². The minimum atomic E-state index is -0.982. The van der Waals surface area contributed by atoms with Crippen LogP contribution in [-0.2, 0) is 9.59 Å². The summed E-state index contributed by atoms with van der Waals surface area (Å²) in [5.41, 5.74) is 10.4. The number of amides is 6. The molecule has 6 amide bonds. The molecule has 2 aromatic heterocycles. The standard InChI is InChI=1S/C51H58N12O6/c52-46-44-45(34-8-11-39(12-9-34)69-38-6-2-1-3-7-38)56-63(47(44)54-32-53-46)37-5-4-20-57(31-37)30-33-16-21-60(22-17-33)51(68)61-23-18-35(19-24-61)58-25-27-59(28-26-58)36-10-13-40-41(29-36)50(67)62(49(40)66)42-14-15-43(64)55-48(42)65/h1-3,6-13,29,32-33,35,37,42H,4-5,14-28,30-31H2,(H2,52,53,54)(H,55,64,65). The molecule has 11 rings (SSSR count). The number of para-hydroxylation sites is 1. The second-order valence-electron chi connectivity index (χ2n) is 19.4. The molecule has 0 aliphatic carbocycles. The average molecular weight is 935 g/mol. The zero-order valence-corrected chi connectivity index (χ0v) is 38.7. The topological polar surface area (TPSA) is 196 Å². The molecule has 0 saturated carbocycles. The lowest BCUT2D eigenvalue weighted by Crippen LogP contribution is -2.55. The maximum Gasteiger partial charge on any atom is 0.319 e. The van der Waals surface area contributed by atoms with E-state index < -0.39 is 29.7 Å². The second kappa shape index (κ2) is 18.9. The molecule has 3 aromatic carbocycles. The van der Waals surface area contributed by atoms with Crippen molar-refractivity contribution in [1.82, 2.24) is 49.6 Å². The van der Waals surface area contributed by atoms with Gasteiger partial charge in [-0.25, -0.2) is 19.4 Å². The van der Waals surface area contributed by atoms with Crippen LogP contribution in [0.15, 0.2) is 79.1 Å². The lowest BCUT2D eigenvalue weighted by molar-refractivity contribution is -0.136. The molecule has 0 bridgehead atoms. The highest BCUT2D eigenvalue weighted by atomic mass is 16.5. The quantitative estimate of drug-likeness (QED) is 0.187. The number of aromatic nitrogens is 4. The summed E-state index contributed by atoms with van der Waals surface area (Å²) in [6.07, 6.45) is 7.65. The summed E-state index contributed by atoms with van der Waals surface area (Å²) in [6.45, 7) is 9.23. The number of urea groups is 1. The monoisotopic (exact) mass is 934 g/mol. The number of hydrogen-bond acceptors (Lipinski definition) is 13. The average Bonchev–Trinajstić information content (AvgIpc) is 3.89. The van der Waals surface area contributed by atoms with Crippen molar-refractivity contribution < 1.29 is 28.7 Å². The molecule has 0 spiro atoms.